The van der Waals surface area contributed by atoms with Crippen LogP contribution in [0.5, 0.6) is 34.5 Å². The van der Waals surface area contributed by atoms with Gasteiger partial charge in [0.15, 0.2) is 34.5 Å². The third kappa shape index (κ3) is 5.13. The molecule has 0 saturated carbocycles. The number of rotatable bonds is 6. The van der Waals surface area contributed by atoms with Crippen molar-refractivity contribution in [3.8, 4) is 45.6 Å². The van der Waals surface area contributed by atoms with Crippen LogP contribution >= 0.6 is 0 Å². The van der Waals surface area contributed by atoms with Gasteiger partial charge in [0.25, 0.3) is 0 Å². The molecule has 0 aromatic heterocycles. The molecule has 0 radical (unpaired) electrons. The van der Waals surface area contributed by atoms with Crippen LogP contribution in [0.15, 0.2) is 60.7 Å². The van der Waals surface area contributed by atoms with E-state index in [1.165, 1.54) is 60.7 Å². The zero-order valence-electron chi connectivity index (χ0n) is 19.4. The van der Waals surface area contributed by atoms with Gasteiger partial charge in [-0.3, -0.25) is 0 Å². The van der Waals surface area contributed by atoms with Gasteiger partial charge in [-0.25, -0.2) is 9.59 Å². The SMILES string of the molecule is COC(=O)C(Cc1ccc(O)c(O)c1)OC(=O)c1cc(-c2ccc(O)c(O)c2)c2cc(O)c(O)cc2c1. The summed E-state index contributed by atoms with van der Waals surface area (Å²) in [6, 6.07) is 13.2. The van der Waals surface area contributed by atoms with Crippen molar-refractivity contribution in [3.63, 3.8) is 0 Å². The number of phenols is 6. The molecular formula is C27H22O10. The number of benzene rings is 4. The Morgan fingerprint density at radius 2 is 1.35 bits per heavy atom. The summed E-state index contributed by atoms with van der Waals surface area (Å²) in [5, 5.41) is 59.7. The summed E-state index contributed by atoms with van der Waals surface area (Å²) in [6.45, 7) is 0. The average molecular weight is 506 g/mol. The Kier molecular flexibility index (Phi) is 6.66. The predicted molar refractivity (Wildman–Crippen MR) is 131 cm³/mol. The first-order valence-electron chi connectivity index (χ1n) is 10.9. The van der Waals surface area contributed by atoms with E-state index in [1.807, 2.05) is 0 Å². The average Bonchev–Trinajstić information content (AvgIpc) is 2.87. The highest BCUT2D eigenvalue weighted by Gasteiger charge is 2.26. The van der Waals surface area contributed by atoms with Crippen LogP contribution in [0.3, 0.4) is 0 Å². The first-order valence-corrected chi connectivity index (χ1v) is 10.9. The molecule has 10 nitrogen and oxygen atoms in total. The molecule has 37 heavy (non-hydrogen) atoms. The molecule has 0 saturated heterocycles. The Bertz CT molecular complexity index is 1530. The molecule has 190 valence electrons. The summed E-state index contributed by atoms with van der Waals surface area (Å²) in [7, 11) is 1.12. The number of hydrogen-bond donors (Lipinski definition) is 6. The third-order valence-electron chi connectivity index (χ3n) is 5.74. The predicted octanol–water partition coefficient (Wildman–Crippen LogP) is 3.68. The summed E-state index contributed by atoms with van der Waals surface area (Å²) >= 11 is 0. The molecule has 0 heterocycles. The molecule has 10 heteroatoms. The Labute approximate surface area is 209 Å². The highest BCUT2D eigenvalue weighted by atomic mass is 16.6. The van der Waals surface area contributed by atoms with E-state index in [2.05, 4.69) is 0 Å². The van der Waals surface area contributed by atoms with Crippen LogP contribution in [0.1, 0.15) is 15.9 Å². The number of carbonyl (C=O) groups excluding carboxylic acids is 2. The lowest BCUT2D eigenvalue weighted by molar-refractivity contribution is -0.150. The molecule has 0 spiro atoms. The Morgan fingerprint density at radius 3 is 2.00 bits per heavy atom. The summed E-state index contributed by atoms with van der Waals surface area (Å²) in [5.74, 6) is -4.15. The lowest BCUT2D eigenvalue weighted by Gasteiger charge is -2.17. The minimum absolute atomic E-state index is 0.0254. The van der Waals surface area contributed by atoms with Crippen LogP contribution in [0, 0.1) is 0 Å². The highest BCUT2D eigenvalue weighted by molar-refractivity contribution is 6.04. The highest BCUT2D eigenvalue weighted by Crippen LogP contribution is 2.39. The number of carbonyl (C=O) groups is 2. The molecule has 0 fully saturated rings. The maximum atomic E-state index is 13.2. The van der Waals surface area contributed by atoms with Crippen molar-refractivity contribution in [2.75, 3.05) is 7.11 Å². The van der Waals surface area contributed by atoms with E-state index in [1.54, 1.807) is 0 Å². The molecule has 6 N–H and O–H groups in total. The number of phenolic OH excluding ortho intramolecular Hbond substituents is 6. The zero-order valence-corrected chi connectivity index (χ0v) is 19.4. The van der Waals surface area contributed by atoms with Crippen molar-refractivity contribution in [2.45, 2.75) is 12.5 Å². The second kappa shape index (κ2) is 9.86. The second-order valence-corrected chi connectivity index (χ2v) is 8.23. The van der Waals surface area contributed by atoms with Gasteiger partial charge >= 0.3 is 11.9 Å². The molecule has 4 rings (SSSR count). The molecule has 0 aliphatic heterocycles. The van der Waals surface area contributed by atoms with E-state index >= 15 is 0 Å². The molecule has 1 atom stereocenters. The number of esters is 2. The monoisotopic (exact) mass is 506 g/mol. The number of aromatic hydroxyl groups is 6. The fraction of sp³-hybridized carbons (Fsp3) is 0.111. The van der Waals surface area contributed by atoms with Crippen molar-refractivity contribution in [1.29, 1.82) is 0 Å². The van der Waals surface area contributed by atoms with E-state index in [0.29, 0.717) is 27.5 Å². The zero-order chi connectivity index (χ0) is 26.9. The number of fused-ring (bicyclic) bond motifs is 1. The van der Waals surface area contributed by atoms with Crippen LogP contribution in [0.25, 0.3) is 21.9 Å². The lowest BCUT2D eigenvalue weighted by atomic mass is 9.94. The van der Waals surface area contributed by atoms with Crippen molar-refractivity contribution < 1.29 is 49.7 Å². The maximum Gasteiger partial charge on any atom is 0.347 e. The van der Waals surface area contributed by atoms with E-state index in [9.17, 15) is 40.2 Å². The smallest absolute Gasteiger partial charge is 0.347 e. The summed E-state index contributed by atoms with van der Waals surface area (Å²) in [4.78, 5) is 25.5. The topological polar surface area (TPSA) is 174 Å². The van der Waals surface area contributed by atoms with E-state index in [-0.39, 0.29) is 23.5 Å². The van der Waals surface area contributed by atoms with Gasteiger partial charge in [0.2, 0.25) is 6.10 Å². The van der Waals surface area contributed by atoms with Gasteiger partial charge in [0.05, 0.1) is 12.7 Å². The Hall–Kier alpha value is -5.12. The molecule has 4 aromatic carbocycles. The minimum Gasteiger partial charge on any atom is -0.504 e. The number of hydrogen-bond acceptors (Lipinski definition) is 10. The first-order chi connectivity index (χ1) is 17.6. The standard InChI is InChI=1S/C27H22O10/c1-36-27(35)25(7-13-2-4-19(28)21(30)6-13)37-26(34)16-8-15-11-23(32)24(33)12-18(15)17(9-16)14-3-5-20(29)22(31)10-14/h2-6,8-12,25,28-33H,7H2,1H3. The van der Waals surface area contributed by atoms with Crippen LogP contribution in [-0.2, 0) is 20.7 Å². The van der Waals surface area contributed by atoms with Crippen LogP contribution in [0.2, 0.25) is 0 Å². The minimum atomic E-state index is -1.40. The summed E-state index contributed by atoms with van der Waals surface area (Å²) in [6.07, 6.45) is -1.56. The summed E-state index contributed by atoms with van der Waals surface area (Å²) < 4.78 is 10.2. The van der Waals surface area contributed by atoms with Crippen molar-refractivity contribution >= 4 is 22.7 Å². The second-order valence-electron chi connectivity index (χ2n) is 8.23. The molecular weight excluding hydrogens is 484 g/mol. The van der Waals surface area contributed by atoms with Crippen LogP contribution < -0.4 is 0 Å². The first kappa shape index (κ1) is 25.0. The van der Waals surface area contributed by atoms with Gasteiger partial charge < -0.3 is 40.1 Å². The molecule has 0 aliphatic carbocycles. The van der Waals surface area contributed by atoms with Gasteiger partial charge in [-0.2, -0.15) is 0 Å². The third-order valence-corrected chi connectivity index (χ3v) is 5.74. The van der Waals surface area contributed by atoms with Gasteiger partial charge in [-0.15, -0.1) is 0 Å². The molecule has 1 unspecified atom stereocenters. The van der Waals surface area contributed by atoms with Gasteiger partial charge in [0.1, 0.15) is 0 Å². The Balaban J connectivity index is 1.75. The molecule has 4 aromatic rings. The van der Waals surface area contributed by atoms with Crippen LogP contribution in [-0.4, -0.2) is 55.8 Å². The molecule has 0 amide bonds. The Morgan fingerprint density at radius 1 is 0.730 bits per heavy atom. The van der Waals surface area contributed by atoms with Gasteiger partial charge in [0, 0.05) is 6.42 Å². The fourth-order valence-electron chi connectivity index (χ4n) is 3.85. The van der Waals surface area contributed by atoms with E-state index < -0.39 is 41.0 Å². The summed E-state index contributed by atoms with van der Waals surface area (Å²) in [5.41, 5.74) is 1.09. The normalized spacial score (nSPS) is 11.7. The van der Waals surface area contributed by atoms with Crippen LogP contribution in [0.4, 0.5) is 0 Å². The number of methoxy groups -OCH3 is 1. The van der Waals surface area contributed by atoms with E-state index in [0.717, 1.165) is 7.11 Å². The maximum absolute atomic E-state index is 13.2. The fourth-order valence-corrected chi connectivity index (χ4v) is 3.85. The quantitative estimate of drug-likeness (QED) is 0.167. The van der Waals surface area contributed by atoms with Gasteiger partial charge in [-0.1, -0.05) is 12.1 Å². The largest absolute Gasteiger partial charge is 0.504 e. The van der Waals surface area contributed by atoms with Crippen molar-refractivity contribution in [3.05, 3.63) is 71.8 Å². The van der Waals surface area contributed by atoms with E-state index in [4.69, 9.17) is 9.47 Å². The van der Waals surface area contributed by atoms with Gasteiger partial charge in [-0.05, 0) is 76.0 Å². The van der Waals surface area contributed by atoms with Crippen molar-refractivity contribution in [2.24, 2.45) is 0 Å². The lowest BCUT2D eigenvalue weighted by Crippen LogP contribution is -2.30. The van der Waals surface area contributed by atoms with Crippen molar-refractivity contribution in [1.82, 2.24) is 0 Å². The molecule has 0 bridgehead atoms. The number of ether oxygens (including phenoxy) is 2. The molecule has 0 aliphatic rings.